The van der Waals surface area contributed by atoms with Gasteiger partial charge in [0, 0.05) is 0 Å². The Bertz CT molecular complexity index is 73.3. The Balaban J connectivity index is 3.58. The molecule has 0 fully saturated rings. The highest BCUT2D eigenvalue weighted by Gasteiger charge is 2.16. The molecule has 2 heteroatoms. The van der Waals surface area contributed by atoms with Crippen molar-refractivity contribution in [2.45, 2.75) is 45.2 Å². The molecule has 9 heavy (non-hydrogen) atoms. The van der Waals surface area contributed by atoms with E-state index in [2.05, 4.69) is 49.5 Å². The van der Waals surface area contributed by atoms with Crippen molar-refractivity contribution in [1.29, 1.82) is 0 Å². The van der Waals surface area contributed by atoms with Crippen LogP contribution < -0.4 is 0 Å². The van der Waals surface area contributed by atoms with Crippen LogP contribution in [0.4, 0.5) is 0 Å². The first-order chi connectivity index (χ1) is 4.09. The van der Waals surface area contributed by atoms with E-state index in [-0.39, 0.29) is 0 Å². The van der Waals surface area contributed by atoms with Crippen molar-refractivity contribution >= 4 is 28.1 Å². The molecule has 0 bridgehead atoms. The summed E-state index contributed by atoms with van der Waals surface area (Å²) in [7, 11) is 0. The second kappa shape index (κ2) is 4.72. The number of hydrogen-bond acceptors (Lipinski definition) is 0. The normalized spacial score (nSPS) is 18.0. The van der Waals surface area contributed by atoms with Crippen LogP contribution in [-0.2, 0) is 0 Å². The summed E-state index contributed by atoms with van der Waals surface area (Å²) >= 11 is 2.70. The van der Waals surface area contributed by atoms with Gasteiger partial charge in [-0.05, 0) is 11.1 Å². The van der Waals surface area contributed by atoms with Crippen LogP contribution in [-0.4, -0.2) is 6.29 Å². The van der Waals surface area contributed by atoms with Gasteiger partial charge in [-0.25, -0.2) is 0 Å². The Morgan fingerprint density at radius 3 is 1.89 bits per heavy atom. The predicted octanol–water partition coefficient (Wildman–Crippen LogP) is 3.36. The van der Waals surface area contributed by atoms with E-state index in [0.717, 1.165) is 11.1 Å². The van der Waals surface area contributed by atoms with Gasteiger partial charge in [0.2, 0.25) is 0 Å². The van der Waals surface area contributed by atoms with Crippen molar-refractivity contribution in [1.82, 2.24) is 0 Å². The van der Waals surface area contributed by atoms with Gasteiger partial charge in [0.1, 0.15) is 6.29 Å². The number of rotatable bonds is 3. The lowest BCUT2D eigenvalue weighted by Crippen LogP contribution is -2.13. The van der Waals surface area contributed by atoms with Crippen molar-refractivity contribution in [3.63, 3.8) is 0 Å². The molecular weight excluding hydrogens is 239 g/mol. The molecule has 2 unspecified atom stereocenters. The lowest BCUT2D eigenvalue weighted by atomic mass is 10.4. The molecule has 0 heterocycles. The summed E-state index contributed by atoms with van der Waals surface area (Å²) in [5.74, 6) is 0. The van der Waals surface area contributed by atoms with E-state index in [1.807, 2.05) is 0 Å². The topological polar surface area (TPSA) is 0 Å². The zero-order chi connectivity index (χ0) is 7.44. The molecule has 2 atom stereocenters. The molecule has 0 aromatic rings. The average molecular weight is 256 g/mol. The Kier molecular flexibility index (Phi) is 5.21. The minimum atomic E-state index is -0.400. The molecule has 0 rings (SSSR count). The van der Waals surface area contributed by atoms with Crippen molar-refractivity contribution in [3.8, 4) is 0 Å². The van der Waals surface area contributed by atoms with Crippen molar-refractivity contribution in [2.75, 3.05) is 0 Å². The molecule has 0 saturated carbocycles. The highest BCUT2D eigenvalue weighted by atomic mass is 127. The van der Waals surface area contributed by atoms with Gasteiger partial charge in [0.05, 0.1) is 0 Å². The first-order valence-electron chi connectivity index (χ1n) is 3.73. The summed E-state index contributed by atoms with van der Waals surface area (Å²) in [6.07, 6.45) is 0.973. The van der Waals surface area contributed by atoms with E-state index in [0.29, 0.717) is 0 Å². The third kappa shape index (κ3) is 3.60. The van der Waals surface area contributed by atoms with E-state index in [9.17, 15) is 0 Å². The van der Waals surface area contributed by atoms with Crippen LogP contribution >= 0.6 is 21.8 Å². The third-order valence-electron chi connectivity index (χ3n) is 1.82. The van der Waals surface area contributed by atoms with Gasteiger partial charge in [-0.1, -0.05) is 34.1 Å². The van der Waals surface area contributed by atoms with Gasteiger partial charge in [-0.15, -0.1) is 21.8 Å². The van der Waals surface area contributed by atoms with E-state index in [1.165, 1.54) is 6.42 Å². The van der Waals surface area contributed by atoms with Gasteiger partial charge in [-0.3, -0.25) is 0 Å². The Hall–Kier alpha value is 0.947. The van der Waals surface area contributed by atoms with Crippen LogP contribution in [0.5, 0.6) is 0 Å². The fraction of sp³-hybridized carbons (Fsp3) is 1.00. The lowest BCUT2D eigenvalue weighted by molar-refractivity contribution is 0.843. The van der Waals surface area contributed by atoms with Crippen molar-refractivity contribution in [2.24, 2.45) is 0 Å². The fourth-order valence-corrected chi connectivity index (χ4v) is 4.17. The van der Waals surface area contributed by atoms with Crippen LogP contribution in [0.2, 0.25) is 11.1 Å². The maximum absolute atomic E-state index is 2.70. The van der Waals surface area contributed by atoms with Crippen LogP contribution in [0.25, 0.3) is 0 Å². The molecule has 0 aliphatic rings. The second-order valence-electron chi connectivity index (χ2n) is 3.07. The molecule has 0 amide bonds. The summed E-state index contributed by atoms with van der Waals surface area (Å²) in [6, 6.07) is 0. The van der Waals surface area contributed by atoms with Gasteiger partial charge < -0.3 is 0 Å². The summed E-state index contributed by atoms with van der Waals surface area (Å²) in [5.41, 5.74) is 1.99. The number of hydrogen-bond donors (Lipinski definition) is 0. The molecule has 0 nitrogen and oxygen atoms in total. The molecule has 0 radical (unpaired) electrons. The molecular formula is C7H17ISi. The molecule has 56 valence electrons. The SMILES string of the molecule is CCC(C)[SiH](I)C(C)C. The zero-order valence-electron chi connectivity index (χ0n) is 6.82. The zero-order valence-corrected chi connectivity index (χ0v) is 10.1. The summed E-state index contributed by atoms with van der Waals surface area (Å²) in [6.45, 7) is 9.40. The van der Waals surface area contributed by atoms with Gasteiger partial charge in [0.25, 0.3) is 0 Å². The Labute approximate surface area is 73.2 Å². The Morgan fingerprint density at radius 2 is 1.78 bits per heavy atom. The molecule has 0 aromatic heterocycles. The summed E-state index contributed by atoms with van der Waals surface area (Å²) in [5, 5.41) is 0. The van der Waals surface area contributed by atoms with Crippen molar-refractivity contribution < 1.29 is 0 Å². The third-order valence-corrected chi connectivity index (χ3v) is 12.7. The fourth-order valence-electron chi connectivity index (χ4n) is 0.882. The molecule has 0 saturated heterocycles. The van der Waals surface area contributed by atoms with E-state index in [4.69, 9.17) is 0 Å². The van der Waals surface area contributed by atoms with Gasteiger partial charge >= 0.3 is 0 Å². The quantitative estimate of drug-likeness (QED) is 0.412. The van der Waals surface area contributed by atoms with Gasteiger partial charge in [0.15, 0.2) is 0 Å². The van der Waals surface area contributed by atoms with E-state index < -0.39 is 6.29 Å². The largest absolute Gasteiger partial charge is 0.123 e. The van der Waals surface area contributed by atoms with Crippen LogP contribution in [0, 0.1) is 0 Å². The monoisotopic (exact) mass is 256 g/mol. The standard InChI is InChI=1S/C7H17ISi/c1-5-7(4)9(8)6(2)3/h6-7,9H,5H2,1-4H3. The summed E-state index contributed by atoms with van der Waals surface area (Å²) in [4.78, 5) is 0. The smallest absolute Gasteiger partial charge is 0.115 e. The Morgan fingerprint density at radius 1 is 1.33 bits per heavy atom. The van der Waals surface area contributed by atoms with Gasteiger partial charge in [-0.2, -0.15) is 0 Å². The van der Waals surface area contributed by atoms with E-state index >= 15 is 0 Å². The molecule has 0 aromatic carbocycles. The first-order valence-corrected chi connectivity index (χ1v) is 9.24. The molecule has 0 spiro atoms. The molecule has 0 aliphatic heterocycles. The first kappa shape index (κ1) is 9.95. The summed E-state index contributed by atoms with van der Waals surface area (Å²) < 4.78 is 0. The lowest BCUT2D eigenvalue weighted by Gasteiger charge is -2.17. The van der Waals surface area contributed by atoms with E-state index in [1.54, 1.807) is 0 Å². The molecule has 0 N–H and O–H groups in total. The molecule has 0 aliphatic carbocycles. The maximum atomic E-state index is 2.70. The maximum Gasteiger partial charge on any atom is 0.115 e. The van der Waals surface area contributed by atoms with Crippen molar-refractivity contribution in [3.05, 3.63) is 0 Å². The minimum absolute atomic E-state index is 0.400. The van der Waals surface area contributed by atoms with Crippen LogP contribution in [0.1, 0.15) is 34.1 Å². The second-order valence-corrected chi connectivity index (χ2v) is 10.7. The van der Waals surface area contributed by atoms with Crippen LogP contribution in [0.15, 0.2) is 0 Å². The minimum Gasteiger partial charge on any atom is -0.123 e. The average Bonchev–Trinajstić information content (AvgIpc) is 1.84. The highest BCUT2D eigenvalue weighted by molar-refractivity contribution is 14.1. The van der Waals surface area contributed by atoms with Crippen LogP contribution in [0.3, 0.4) is 0 Å². The number of halogens is 1. The highest BCUT2D eigenvalue weighted by Crippen LogP contribution is 2.27. The predicted molar refractivity (Wildman–Crippen MR) is 56.0 cm³/mol.